The average molecular weight is 488 g/mol. The van der Waals surface area contributed by atoms with Crippen LogP contribution in [0.25, 0.3) is 0 Å². The van der Waals surface area contributed by atoms with Crippen molar-refractivity contribution in [2.75, 3.05) is 39.3 Å². The third-order valence-electron chi connectivity index (χ3n) is 6.77. The first kappa shape index (κ1) is 25.7. The van der Waals surface area contributed by atoms with Crippen molar-refractivity contribution in [3.05, 3.63) is 95.4 Å². The zero-order valence-corrected chi connectivity index (χ0v) is 21.3. The molecule has 0 bridgehead atoms. The number of aryl methyl sites for hydroxylation is 1. The number of hydrogen-bond donors (Lipinski definition) is 0. The van der Waals surface area contributed by atoms with E-state index in [1.54, 1.807) is 4.90 Å². The van der Waals surface area contributed by atoms with Gasteiger partial charge in [-0.15, -0.1) is 0 Å². The Kier molecular flexibility index (Phi) is 9.33. The number of nitrogens with zero attached hydrogens (tertiary/aromatic N) is 3. The van der Waals surface area contributed by atoms with Crippen LogP contribution in [0.5, 0.6) is 0 Å². The maximum absolute atomic E-state index is 13.6. The van der Waals surface area contributed by atoms with Crippen LogP contribution in [0.1, 0.15) is 35.5 Å². The van der Waals surface area contributed by atoms with Gasteiger partial charge in [0.05, 0.1) is 19.5 Å². The number of hydrogen-bond acceptors (Lipinski definition) is 4. The van der Waals surface area contributed by atoms with E-state index in [2.05, 4.69) is 17.0 Å². The molecule has 1 aliphatic rings. The van der Waals surface area contributed by atoms with Crippen LogP contribution in [-0.2, 0) is 29.0 Å². The molecule has 1 saturated heterocycles. The summed E-state index contributed by atoms with van der Waals surface area (Å²) in [7, 11) is 0. The molecule has 4 rings (SSSR count). The Morgan fingerprint density at radius 1 is 0.806 bits per heavy atom. The summed E-state index contributed by atoms with van der Waals surface area (Å²) in [6.07, 6.45) is 3.45. The third kappa shape index (κ3) is 7.82. The molecule has 3 aromatic rings. The lowest BCUT2D eigenvalue weighted by Gasteiger charge is -2.29. The molecule has 1 aliphatic heterocycles. The molecule has 0 saturated carbocycles. The summed E-state index contributed by atoms with van der Waals surface area (Å²) in [6, 6.07) is 23.8. The van der Waals surface area contributed by atoms with E-state index in [0.717, 1.165) is 43.1 Å². The van der Waals surface area contributed by atoms with Gasteiger partial charge in [-0.3, -0.25) is 9.59 Å². The largest absolute Gasteiger partial charge is 0.464 e. The van der Waals surface area contributed by atoms with Crippen molar-refractivity contribution in [2.24, 2.45) is 0 Å². The highest BCUT2D eigenvalue weighted by molar-refractivity contribution is 5.86. The van der Waals surface area contributed by atoms with Crippen LogP contribution < -0.4 is 0 Å². The molecule has 6 heteroatoms. The number of rotatable bonds is 12. The van der Waals surface area contributed by atoms with Crippen LogP contribution in [-0.4, -0.2) is 65.8 Å². The van der Waals surface area contributed by atoms with Crippen LogP contribution in [0.2, 0.25) is 0 Å². The van der Waals surface area contributed by atoms with E-state index in [-0.39, 0.29) is 18.4 Å². The van der Waals surface area contributed by atoms with Gasteiger partial charge in [0.25, 0.3) is 0 Å². The minimum absolute atomic E-state index is 0.00870. The molecule has 0 spiro atoms. The monoisotopic (exact) mass is 487 g/mol. The Labute approximate surface area is 214 Å². The molecule has 2 amide bonds. The molecule has 1 fully saturated rings. The fourth-order valence-electron chi connectivity index (χ4n) is 4.66. The molecular weight excluding hydrogens is 450 g/mol. The minimum atomic E-state index is -0.0529. The lowest BCUT2D eigenvalue weighted by atomic mass is 10.1. The number of benzene rings is 2. The molecule has 0 atom stereocenters. The van der Waals surface area contributed by atoms with Gasteiger partial charge in [0.1, 0.15) is 11.5 Å². The fourth-order valence-corrected chi connectivity index (χ4v) is 4.66. The second-order valence-corrected chi connectivity index (χ2v) is 9.59. The quantitative estimate of drug-likeness (QED) is 0.382. The second kappa shape index (κ2) is 13.1. The first-order chi connectivity index (χ1) is 17.6. The standard InChI is InChI=1S/C30H37N3O3/c1-25-14-15-28(36-25)23-32(19-16-26-10-4-2-5-11-26)30(35)24-33(21-20-31-17-8-9-18-31)29(34)22-27-12-6-3-7-13-27/h2-7,10-15H,8-9,16-24H2,1H3. The van der Waals surface area contributed by atoms with Crippen molar-refractivity contribution in [1.29, 1.82) is 0 Å². The molecule has 2 aromatic carbocycles. The van der Waals surface area contributed by atoms with Crippen molar-refractivity contribution < 1.29 is 14.0 Å². The summed E-state index contributed by atoms with van der Waals surface area (Å²) in [6.45, 7) is 6.43. The van der Waals surface area contributed by atoms with E-state index in [1.807, 2.05) is 72.5 Å². The molecule has 2 heterocycles. The molecule has 0 radical (unpaired) electrons. The Morgan fingerprint density at radius 2 is 1.47 bits per heavy atom. The summed E-state index contributed by atoms with van der Waals surface area (Å²) < 4.78 is 5.78. The maximum Gasteiger partial charge on any atom is 0.242 e. The van der Waals surface area contributed by atoms with Crippen molar-refractivity contribution in [1.82, 2.24) is 14.7 Å². The molecule has 0 N–H and O–H groups in total. The van der Waals surface area contributed by atoms with Crippen LogP contribution in [0.4, 0.5) is 0 Å². The first-order valence-electron chi connectivity index (χ1n) is 13.0. The normalized spacial score (nSPS) is 13.6. The Hall–Kier alpha value is -3.38. The highest BCUT2D eigenvalue weighted by Crippen LogP contribution is 2.13. The van der Waals surface area contributed by atoms with Gasteiger partial charge in [0.2, 0.25) is 11.8 Å². The van der Waals surface area contributed by atoms with Crippen LogP contribution >= 0.6 is 0 Å². The summed E-state index contributed by atoms with van der Waals surface area (Å²) in [5.74, 6) is 1.52. The van der Waals surface area contributed by atoms with Crippen LogP contribution in [0.3, 0.4) is 0 Å². The lowest BCUT2D eigenvalue weighted by molar-refractivity contribution is -0.140. The van der Waals surface area contributed by atoms with Gasteiger partial charge in [-0.25, -0.2) is 0 Å². The molecule has 190 valence electrons. The van der Waals surface area contributed by atoms with E-state index in [4.69, 9.17) is 4.42 Å². The number of amides is 2. The van der Waals surface area contributed by atoms with E-state index in [9.17, 15) is 9.59 Å². The predicted molar refractivity (Wildman–Crippen MR) is 141 cm³/mol. The zero-order valence-electron chi connectivity index (χ0n) is 21.3. The number of likely N-dealkylation sites (tertiary alicyclic amines) is 1. The van der Waals surface area contributed by atoms with Gasteiger partial charge >= 0.3 is 0 Å². The van der Waals surface area contributed by atoms with E-state index in [0.29, 0.717) is 26.1 Å². The molecule has 1 aromatic heterocycles. The Balaban J connectivity index is 1.45. The zero-order chi connectivity index (χ0) is 25.2. The fraction of sp³-hybridized carbons (Fsp3) is 0.400. The number of carbonyl (C=O) groups excluding carboxylic acids is 2. The summed E-state index contributed by atoms with van der Waals surface area (Å²) in [5.41, 5.74) is 2.14. The van der Waals surface area contributed by atoms with Crippen LogP contribution in [0.15, 0.2) is 77.2 Å². The summed E-state index contributed by atoms with van der Waals surface area (Å²) in [4.78, 5) is 32.9. The van der Waals surface area contributed by atoms with Crippen molar-refractivity contribution in [3.8, 4) is 0 Å². The van der Waals surface area contributed by atoms with E-state index in [1.165, 1.54) is 18.4 Å². The highest BCUT2D eigenvalue weighted by atomic mass is 16.3. The second-order valence-electron chi connectivity index (χ2n) is 9.59. The van der Waals surface area contributed by atoms with Crippen molar-refractivity contribution in [2.45, 2.75) is 39.2 Å². The SMILES string of the molecule is Cc1ccc(CN(CCc2ccccc2)C(=O)CN(CCN2CCCC2)C(=O)Cc2ccccc2)o1. The summed E-state index contributed by atoms with van der Waals surface area (Å²) >= 11 is 0. The van der Waals surface area contributed by atoms with Crippen LogP contribution in [0, 0.1) is 6.92 Å². The van der Waals surface area contributed by atoms with Gasteiger partial charge in [0, 0.05) is 19.6 Å². The molecule has 0 unspecified atom stereocenters. The highest BCUT2D eigenvalue weighted by Gasteiger charge is 2.23. The van der Waals surface area contributed by atoms with E-state index >= 15 is 0 Å². The lowest BCUT2D eigenvalue weighted by Crippen LogP contribution is -2.46. The summed E-state index contributed by atoms with van der Waals surface area (Å²) in [5, 5.41) is 0. The predicted octanol–water partition coefficient (Wildman–Crippen LogP) is 4.33. The number of furan rings is 1. The number of carbonyl (C=O) groups is 2. The van der Waals surface area contributed by atoms with Gasteiger partial charge in [0.15, 0.2) is 0 Å². The van der Waals surface area contributed by atoms with Gasteiger partial charge < -0.3 is 19.1 Å². The Morgan fingerprint density at radius 3 is 2.11 bits per heavy atom. The first-order valence-corrected chi connectivity index (χ1v) is 13.0. The topological polar surface area (TPSA) is 57.0 Å². The minimum Gasteiger partial charge on any atom is -0.464 e. The molecular formula is C30H37N3O3. The molecule has 6 nitrogen and oxygen atoms in total. The van der Waals surface area contributed by atoms with Crippen molar-refractivity contribution in [3.63, 3.8) is 0 Å². The smallest absolute Gasteiger partial charge is 0.242 e. The van der Waals surface area contributed by atoms with Gasteiger partial charge in [-0.2, -0.15) is 0 Å². The maximum atomic E-state index is 13.6. The molecule has 36 heavy (non-hydrogen) atoms. The van der Waals surface area contributed by atoms with Gasteiger partial charge in [-0.1, -0.05) is 60.7 Å². The van der Waals surface area contributed by atoms with E-state index < -0.39 is 0 Å². The van der Waals surface area contributed by atoms with Crippen molar-refractivity contribution >= 4 is 11.8 Å². The van der Waals surface area contributed by atoms with Gasteiger partial charge in [-0.05, 0) is 62.5 Å². The Bertz CT molecular complexity index is 1090. The third-order valence-corrected chi connectivity index (χ3v) is 6.77. The average Bonchev–Trinajstić information content (AvgIpc) is 3.57. The molecule has 0 aliphatic carbocycles.